The maximum atomic E-state index is 13.1. The Morgan fingerprint density at radius 2 is 1.89 bits per heavy atom. The minimum atomic E-state index is -0.646. The second-order valence-corrected chi connectivity index (χ2v) is 7.55. The molecular formula is C27H22FN3O5. The summed E-state index contributed by atoms with van der Waals surface area (Å²) in [6.07, 6.45) is 3.50. The highest BCUT2D eigenvalue weighted by molar-refractivity contribution is 6.09. The molecule has 0 aliphatic heterocycles. The van der Waals surface area contributed by atoms with E-state index < -0.39 is 16.6 Å². The Kier molecular flexibility index (Phi) is 8.51. The quantitative estimate of drug-likeness (QED) is 0.131. The summed E-state index contributed by atoms with van der Waals surface area (Å²) >= 11 is 0. The van der Waals surface area contributed by atoms with E-state index in [2.05, 4.69) is 11.9 Å². The smallest absolute Gasteiger partial charge is 0.269 e. The molecule has 0 bridgehead atoms. The molecule has 8 nitrogen and oxygen atoms in total. The Morgan fingerprint density at radius 1 is 1.19 bits per heavy atom. The summed E-state index contributed by atoms with van der Waals surface area (Å²) in [6, 6.07) is 16.4. The van der Waals surface area contributed by atoms with Crippen LogP contribution in [0.25, 0.3) is 6.08 Å². The topological polar surface area (TPSA) is 114 Å². The van der Waals surface area contributed by atoms with Crippen LogP contribution in [0.3, 0.4) is 0 Å². The van der Waals surface area contributed by atoms with Gasteiger partial charge in [0.1, 0.15) is 24.1 Å². The zero-order valence-corrected chi connectivity index (χ0v) is 19.4. The van der Waals surface area contributed by atoms with Crippen molar-refractivity contribution in [3.05, 3.63) is 112 Å². The van der Waals surface area contributed by atoms with Crippen LogP contribution in [-0.2, 0) is 17.8 Å². The fraction of sp³-hybridized carbons (Fsp3) is 0.111. The number of nitriles is 1. The highest BCUT2D eigenvalue weighted by atomic mass is 19.1. The molecule has 0 saturated carbocycles. The minimum Gasteiger partial charge on any atom is -0.493 e. The molecular weight excluding hydrogens is 465 g/mol. The number of halogens is 1. The Morgan fingerprint density at radius 3 is 2.47 bits per heavy atom. The number of carbonyl (C=O) groups is 1. The van der Waals surface area contributed by atoms with E-state index >= 15 is 0 Å². The number of amides is 1. The molecule has 0 radical (unpaired) electrons. The Bertz CT molecular complexity index is 1340. The van der Waals surface area contributed by atoms with E-state index in [1.165, 1.54) is 49.6 Å². The fourth-order valence-corrected chi connectivity index (χ4v) is 3.31. The molecule has 1 N–H and O–H groups in total. The van der Waals surface area contributed by atoms with Crippen LogP contribution in [0.4, 0.5) is 15.8 Å². The summed E-state index contributed by atoms with van der Waals surface area (Å²) in [5.74, 6) is -0.269. The maximum absolute atomic E-state index is 13.1. The normalized spacial score (nSPS) is 10.8. The number of rotatable bonds is 10. The number of hydrogen-bond acceptors (Lipinski definition) is 6. The van der Waals surface area contributed by atoms with Gasteiger partial charge < -0.3 is 14.8 Å². The fourth-order valence-electron chi connectivity index (χ4n) is 3.31. The standard InChI is InChI=1S/C27H22FN3O5/c1-3-4-20-13-19(14-21(16-29)27(32)30-23-9-7-22(28)8-10-23)15-25(35-2)26(20)36-17-18-5-11-24(12-6-18)31(33)34/h3,5-15H,1,4,17H2,2H3,(H,30,32)/b21-14+. The highest BCUT2D eigenvalue weighted by Crippen LogP contribution is 2.35. The lowest BCUT2D eigenvalue weighted by molar-refractivity contribution is -0.384. The van der Waals surface area contributed by atoms with Crippen molar-refractivity contribution in [3.63, 3.8) is 0 Å². The minimum absolute atomic E-state index is 0.0171. The zero-order valence-electron chi connectivity index (χ0n) is 19.4. The molecule has 9 heteroatoms. The van der Waals surface area contributed by atoms with Gasteiger partial charge in [-0.2, -0.15) is 5.26 Å². The van der Waals surface area contributed by atoms with E-state index in [-0.39, 0.29) is 17.9 Å². The number of carbonyl (C=O) groups excluding carboxylic acids is 1. The third-order valence-corrected chi connectivity index (χ3v) is 5.05. The van der Waals surface area contributed by atoms with Gasteiger partial charge >= 0.3 is 0 Å². The van der Waals surface area contributed by atoms with Gasteiger partial charge in [0.05, 0.1) is 12.0 Å². The molecule has 0 aromatic heterocycles. The lowest BCUT2D eigenvalue weighted by atomic mass is 10.0. The number of nitro benzene ring substituents is 1. The SMILES string of the molecule is C=CCc1cc(/C=C(\C#N)C(=O)Nc2ccc(F)cc2)cc(OC)c1OCc1ccc([N+](=O)[O-])cc1. The molecule has 0 unspecified atom stereocenters. The van der Waals surface area contributed by atoms with Crippen molar-refractivity contribution in [2.45, 2.75) is 13.0 Å². The molecule has 182 valence electrons. The van der Waals surface area contributed by atoms with Crippen LogP contribution in [0, 0.1) is 27.3 Å². The van der Waals surface area contributed by atoms with Gasteiger partial charge in [-0.25, -0.2) is 4.39 Å². The second-order valence-electron chi connectivity index (χ2n) is 7.55. The first-order chi connectivity index (χ1) is 17.3. The van der Waals surface area contributed by atoms with Gasteiger partial charge in [-0.1, -0.05) is 6.08 Å². The van der Waals surface area contributed by atoms with Crippen LogP contribution in [0.1, 0.15) is 16.7 Å². The van der Waals surface area contributed by atoms with E-state index in [4.69, 9.17) is 9.47 Å². The van der Waals surface area contributed by atoms with Gasteiger partial charge in [0, 0.05) is 23.4 Å². The molecule has 3 aromatic carbocycles. The first-order valence-corrected chi connectivity index (χ1v) is 10.7. The van der Waals surface area contributed by atoms with E-state index in [1.807, 2.05) is 6.07 Å². The second kappa shape index (κ2) is 11.9. The van der Waals surface area contributed by atoms with Crippen molar-refractivity contribution < 1.29 is 23.6 Å². The molecule has 3 aromatic rings. The monoisotopic (exact) mass is 487 g/mol. The molecule has 0 heterocycles. The number of ether oxygens (including phenoxy) is 2. The maximum Gasteiger partial charge on any atom is 0.269 e. The van der Waals surface area contributed by atoms with Crippen molar-refractivity contribution in [2.75, 3.05) is 12.4 Å². The summed E-state index contributed by atoms with van der Waals surface area (Å²) in [5, 5.41) is 23.0. The van der Waals surface area contributed by atoms with Gasteiger partial charge in [0.25, 0.3) is 11.6 Å². The van der Waals surface area contributed by atoms with E-state index in [0.29, 0.717) is 34.7 Å². The van der Waals surface area contributed by atoms with E-state index in [1.54, 1.807) is 30.3 Å². The lowest BCUT2D eigenvalue weighted by Crippen LogP contribution is -2.13. The van der Waals surface area contributed by atoms with E-state index in [9.17, 15) is 24.6 Å². The predicted octanol–water partition coefficient (Wildman–Crippen LogP) is 5.60. The number of methoxy groups -OCH3 is 1. The average molecular weight is 487 g/mol. The van der Waals surface area contributed by atoms with Crippen molar-refractivity contribution in [1.29, 1.82) is 5.26 Å². The van der Waals surface area contributed by atoms with Crippen LogP contribution in [0.2, 0.25) is 0 Å². The summed E-state index contributed by atoms with van der Waals surface area (Å²) in [5.41, 5.74) is 2.12. The van der Waals surface area contributed by atoms with Crippen LogP contribution in [0.15, 0.2) is 78.9 Å². The van der Waals surface area contributed by atoms with Crippen LogP contribution < -0.4 is 14.8 Å². The zero-order chi connectivity index (χ0) is 26.1. The average Bonchev–Trinajstić information content (AvgIpc) is 2.88. The Labute approximate surface area is 207 Å². The Hall–Kier alpha value is -4.97. The molecule has 3 rings (SSSR count). The number of nitrogens with zero attached hydrogens (tertiary/aromatic N) is 2. The summed E-state index contributed by atoms with van der Waals surface area (Å²) < 4.78 is 24.6. The molecule has 0 spiro atoms. The highest BCUT2D eigenvalue weighted by Gasteiger charge is 2.15. The van der Waals surface area contributed by atoms with Gasteiger partial charge in [-0.3, -0.25) is 14.9 Å². The molecule has 0 aliphatic carbocycles. The molecule has 1 amide bonds. The first-order valence-electron chi connectivity index (χ1n) is 10.7. The summed E-state index contributed by atoms with van der Waals surface area (Å²) in [6.45, 7) is 3.90. The number of hydrogen-bond donors (Lipinski definition) is 1. The first kappa shape index (κ1) is 25.6. The summed E-state index contributed by atoms with van der Waals surface area (Å²) in [7, 11) is 1.46. The Balaban J connectivity index is 1.87. The van der Waals surface area contributed by atoms with Crippen LogP contribution in [-0.4, -0.2) is 17.9 Å². The van der Waals surface area contributed by atoms with Crippen molar-refractivity contribution in [1.82, 2.24) is 0 Å². The number of benzene rings is 3. The van der Waals surface area contributed by atoms with Crippen LogP contribution >= 0.6 is 0 Å². The molecule has 0 saturated heterocycles. The molecule has 0 fully saturated rings. The van der Waals surface area contributed by atoms with Gasteiger partial charge in [0.15, 0.2) is 11.5 Å². The van der Waals surface area contributed by atoms with Crippen LogP contribution in [0.5, 0.6) is 11.5 Å². The number of anilines is 1. The number of non-ortho nitro benzene ring substituents is 1. The third kappa shape index (κ3) is 6.55. The molecule has 0 aliphatic rings. The molecule has 36 heavy (non-hydrogen) atoms. The largest absolute Gasteiger partial charge is 0.493 e. The van der Waals surface area contributed by atoms with E-state index in [0.717, 1.165) is 5.56 Å². The van der Waals surface area contributed by atoms with Gasteiger partial charge in [-0.05, 0) is 72.2 Å². The van der Waals surface area contributed by atoms with Crippen molar-refractivity contribution in [2.24, 2.45) is 0 Å². The summed E-state index contributed by atoms with van der Waals surface area (Å²) in [4.78, 5) is 23.0. The molecule has 0 atom stereocenters. The predicted molar refractivity (Wildman–Crippen MR) is 133 cm³/mol. The van der Waals surface area contributed by atoms with Gasteiger partial charge in [-0.15, -0.1) is 6.58 Å². The van der Waals surface area contributed by atoms with Crippen molar-refractivity contribution in [3.8, 4) is 17.6 Å². The number of allylic oxidation sites excluding steroid dienone is 1. The van der Waals surface area contributed by atoms with Gasteiger partial charge in [0.2, 0.25) is 0 Å². The van der Waals surface area contributed by atoms with Crippen molar-refractivity contribution >= 4 is 23.4 Å². The number of nitro groups is 1. The lowest BCUT2D eigenvalue weighted by Gasteiger charge is -2.16. The number of nitrogens with one attached hydrogen (secondary N) is 1. The third-order valence-electron chi connectivity index (χ3n) is 5.05.